The van der Waals surface area contributed by atoms with Crippen LogP contribution in [0.4, 0.5) is 20.7 Å². The van der Waals surface area contributed by atoms with Crippen LogP contribution < -0.4 is 15.5 Å². The smallest absolute Gasteiger partial charge is 0.227 e. The molecule has 7 rings (SSSR count). The molecular weight excluding hydrogens is 769 g/mol. The lowest BCUT2D eigenvalue weighted by Gasteiger charge is -2.47. The van der Waals surface area contributed by atoms with Gasteiger partial charge in [-0.1, -0.05) is 55.5 Å². The van der Waals surface area contributed by atoms with Gasteiger partial charge >= 0.3 is 0 Å². The lowest BCUT2D eigenvalue weighted by molar-refractivity contribution is 0.0487. The van der Waals surface area contributed by atoms with Crippen LogP contribution in [0, 0.1) is 11.6 Å². The van der Waals surface area contributed by atoms with Crippen molar-refractivity contribution in [1.29, 1.82) is 0 Å². The summed E-state index contributed by atoms with van der Waals surface area (Å²) in [5.74, 6) is 0.0991. The molecule has 12 heteroatoms. The van der Waals surface area contributed by atoms with Crippen LogP contribution in [0.5, 0.6) is 5.75 Å². The Morgan fingerprint density at radius 3 is 2.21 bits per heavy atom. The molecule has 0 aliphatic carbocycles. The number of halogens is 2. The molecule has 3 heterocycles. The maximum atomic E-state index is 13.8. The number of aromatic nitrogens is 4. The summed E-state index contributed by atoms with van der Waals surface area (Å²) in [6.45, 7) is 16.5. The van der Waals surface area contributed by atoms with E-state index in [0.717, 1.165) is 72.4 Å². The molecule has 1 aliphatic heterocycles. The second kappa shape index (κ2) is 19.7. The monoisotopic (exact) mass is 825 g/mol. The molecule has 1 unspecified atom stereocenters. The molecule has 1 fully saturated rings. The fraction of sp³-hybridized carbons (Fsp3) is 0.347. The average Bonchev–Trinajstić information content (AvgIpc) is 3.25. The van der Waals surface area contributed by atoms with E-state index in [-0.39, 0.29) is 23.5 Å². The summed E-state index contributed by atoms with van der Waals surface area (Å²) < 4.78 is 27.6. The van der Waals surface area contributed by atoms with Gasteiger partial charge < -0.3 is 25.5 Å². The van der Waals surface area contributed by atoms with Gasteiger partial charge in [0, 0.05) is 80.4 Å². The number of aromatic hydroxyl groups is 1. The minimum Gasteiger partial charge on any atom is -0.508 e. The predicted molar refractivity (Wildman–Crippen MR) is 240 cm³/mol. The molecule has 61 heavy (non-hydrogen) atoms. The second-order valence-corrected chi connectivity index (χ2v) is 16.9. The molecule has 0 bridgehead atoms. The third kappa shape index (κ3) is 11.7. The number of hydrogen-bond donors (Lipinski definition) is 3. The van der Waals surface area contributed by atoms with Crippen LogP contribution in [0.25, 0.3) is 22.5 Å². The maximum Gasteiger partial charge on any atom is 0.227 e. The van der Waals surface area contributed by atoms with Crippen LogP contribution in [0.3, 0.4) is 0 Å². The Labute approximate surface area is 358 Å². The lowest BCUT2D eigenvalue weighted by atomic mass is 10.0. The summed E-state index contributed by atoms with van der Waals surface area (Å²) in [5, 5.41) is 16.9. The van der Waals surface area contributed by atoms with Crippen molar-refractivity contribution in [2.45, 2.75) is 71.8 Å². The van der Waals surface area contributed by atoms with Gasteiger partial charge in [0.15, 0.2) is 0 Å². The van der Waals surface area contributed by atoms with Gasteiger partial charge in [-0.25, -0.2) is 28.7 Å². The summed E-state index contributed by atoms with van der Waals surface area (Å²) in [7, 11) is 0. The fourth-order valence-electron chi connectivity index (χ4n) is 7.88. The number of piperazine rings is 1. The van der Waals surface area contributed by atoms with Crippen molar-refractivity contribution in [3.63, 3.8) is 0 Å². The number of benzene rings is 4. The highest BCUT2D eigenvalue weighted by atomic mass is 19.1. The highest BCUT2D eigenvalue weighted by Crippen LogP contribution is 2.35. The number of phenols is 1. The summed E-state index contributed by atoms with van der Waals surface area (Å²) in [6, 6.07) is 32.1. The van der Waals surface area contributed by atoms with E-state index in [1.807, 2.05) is 30.5 Å². The summed E-state index contributed by atoms with van der Waals surface area (Å²) in [4.78, 5) is 27.0. The van der Waals surface area contributed by atoms with E-state index in [9.17, 15) is 13.9 Å². The Balaban J connectivity index is 1.25. The number of hydrogen-bond acceptors (Lipinski definition) is 10. The van der Waals surface area contributed by atoms with Crippen LogP contribution in [0.15, 0.2) is 116 Å². The van der Waals surface area contributed by atoms with E-state index in [1.165, 1.54) is 17.7 Å². The standard InChI is InChI=1S/C49H57F2N9O/c1-6-58-25-26-59(34(2)33-58)46(40-12-8-11-39(30-40)44-18-22-53-47(56-44)52-21-17-36-28-41(50)31-42(51)29-36)60(24-20-35-13-15-43(61)16-14-35)48-54-23-19-45(57-48)38-10-7-9-37(27-38)32-55-49(3,4)5/h7-16,18-19,22-23,27-31,34,46,55,61H,6,17,20-21,24-26,32-33H2,1-5H3,(H,52,53,56)/t34-,46?/m0/s1. The molecule has 6 aromatic rings. The van der Waals surface area contributed by atoms with Crippen LogP contribution in [0.1, 0.15) is 63.0 Å². The molecule has 1 aliphatic rings. The SMILES string of the molecule is CCN1CCN(C(c2cccc(-c3ccnc(NCCc4cc(F)cc(F)c4)n3)c2)N(CCc2ccc(O)cc2)c2nccc(-c3cccc(CNC(C)(C)C)c3)n2)[C@@H](C)C1. The zero-order chi connectivity index (χ0) is 42.9. The van der Waals surface area contributed by atoms with Crippen molar-refractivity contribution in [2.75, 3.05) is 49.5 Å². The average molecular weight is 826 g/mol. The maximum absolute atomic E-state index is 13.8. The summed E-state index contributed by atoms with van der Waals surface area (Å²) >= 11 is 0. The van der Waals surface area contributed by atoms with Crippen molar-refractivity contribution in [3.05, 3.63) is 149 Å². The number of anilines is 2. The third-order valence-electron chi connectivity index (χ3n) is 11.1. The first kappa shape index (κ1) is 43.3. The van der Waals surface area contributed by atoms with Crippen LogP contribution in [-0.4, -0.2) is 85.7 Å². The van der Waals surface area contributed by atoms with Crippen molar-refractivity contribution >= 4 is 11.9 Å². The molecule has 1 saturated heterocycles. The second-order valence-electron chi connectivity index (χ2n) is 16.9. The number of nitrogens with zero attached hydrogens (tertiary/aromatic N) is 7. The fourth-order valence-corrected chi connectivity index (χ4v) is 7.88. The highest BCUT2D eigenvalue weighted by Gasteiger charge is 2.35. The number of rotatable bonds is 16. The Kier molecular flexibility index (Phi) is 14.0. The molecular formula is C49H57F2N9O. The molecule has 0 amide bonds. The van der Waals surface area contributed by atoms with Crippen LogP contribution >= 0.6 is 0 Å². The third-order valence-corrected chi connectivity index (χ3v) is 11.1. The van der Waals surface area contributed by atoms with Crippen LogP contribution in [-0.2, 0) is 19.4 Å². The van der Waals surface area contributed by atoms with Gasteiger partial charge in [-0.15, -0.1) is 0 Å². The topological polar surface area (TPSA) is 106 Å². The highest BCUT2D eigenvalue weighted by molar-refractivity contribution is 5.63. The van der Waals surface area contributed by atoms with Gasteiger partial charge in [-0.05, 0) is 118 Å². The molecule has 0 saturated carbocycles. The van der Waals surface area contributed by atoms with Crippen LogP contribution in [0.2, 0.25) is 0 Å². The molecule has 10 nitrogen and oxygen atoms in total. The molecule has 0 spiro atoms. The van der Waals surface area contributed by atoms with Gasteiger partial charge in [-0.2, -0.15) is 0 Å². The largest absolute Gasteiger partial charge is 0.508 e. The van der Waals surface area contributed by atoms with E-state index >= 15 is 0 Å². The first-order chi connectivity index (χ1) is 29.4. The predicted octanol–water partition coefficient (Wildman–Crippen LogP) is 8.90. The molecule has 2 atom stereocenters. The van der Waals surface area contributed by atoms with E-state index in [0.29, 0.717) is 43.4 Å². The zero-order valence-corrected chi connectivity index (χ0v) is 35.8. The van der Waals surface area contributed by atoms with E-state index < -0.39 is 11.6 Å². The normalized spacial score (nSPS) is 15.4. The first-order valence-corrected chi connectivity index (χ1v) is 21.2. The van der Waals surface area contributed by atoms with Crippen molar-refractivity contribution in [3.8, 4) is 28.3 Å². The molecule has 4 aromatic carbocycles. The summed E-state index contributed by atoms with van der Waals surface area (Å²) in [6.07, 6.45) is 4.45. The number of likely N-dealkylation sites (N-methyl/N-ethyl adjacent to an activating group) is 1. The first-order valence-electron chi connectivity index (χ1n) is 21.2. The van der Waals surface area contributed by atoms with E-state index in [1.54, 1.807) is 18.3 Å². The van der Waals surface area contributed by atoms with Gasteiger partial charge in [0.25, 0.3) is 0 Å². The van der Waals surface area contributed by atoms with Gasteiger partial charge in [0.05, 0.1) is 11.4 Å². The lowest BCUT2D eigenvalue weighted by Crippen LogP contribution is -2.56. The minimum absolute atomic E-state index is 0.0110. The Morgan fingerprint density at radius 2 is 1.49 bits per heavy atom. The van der Waals surface area contributed by atoms with Crippen molar-refractivity contribution < 1.29 is 13.9 Å². The summed E-state index contributed by atoms with van der Waals surface area (Å²) in [5.41, 5.74) is 7.43. The van der Waals surface area contributed by atoms with Crippen molar-refractivity contribution in [2.24, 2.45) is 0 Å². The van der Waals surface area contributed by atoms with Gasteiger partial charge in [-0.3, -0.25) is 4.90 Å². The van der Waals surface area contributed by atoms with Gasteiger partial charge in [0.1, 0.15) is 23.5 Å². The number of nitrogens with one attached hydrogen (secondary N) is 2. The van der Waals surface area contributed by atoms with Gasteiger partial charge in [0.2, 0.25) is 11.9 Å². The van der Waals surface area contributed by atoms with E-state index in [4.69, 9.17) is 15.0 Å². The molecule has 318 valence electrons. The Morgan fingerprint density at radius 1 is 0.787 bits per heavy atom. The Bertz CT molecular complexity index is 2350. The minimum atomic E-state index is -0.596. The molecule has 3 N–H and O–H groups in total. The number of phenolic OH excluding ortho intramolecular Hbond substituents is 1. The quantitative estimate of drug-likeness (QED) is 0.0877. The Hall–Kier alpha value is -5.82. The van der Waals surface area contributed by atoms with E-state index in [2.05, 4.69) is 113 Å². The molecule has 2 aromatic heterocycles. The van der Waals surface area contributed by atoms with Crippen molar-refractivity contribution in [1.82, 2.24) is 35.1 Å². The molecule has 0 radical (unpaired) electrons. The zero-order valence-electron chi connectivity index (χ0n) is 35.8.